The van der Waals surface area contributed by atoms with Gasteiger partial charge in [0.25, 0.3) is 5.56 Å². The van der Waals surface area contributed by atoms with Crippen LogP contribution in [0.5, 0.6) is 0 Å². The van der Waals surface area contributed by atoms with Crippen molar-refractivity contribution in [1.29, 1.82) is 0 Å². The van der Waals surface area contributed by atoms with Crippen molar-refractivity contribution in [3.8, 4) is 0 Å². The van der Waals surface area contributed by atoms with E-state index in [9.17, 15) is 19.1 Å². The van der Waals surface area contributed by atoms with Crippen molar-refractivity contribution in [3.63, 3.8) is 0 Å². The van der Waals surface area contributed by atoms with Crippen molar-refractivity contribution in [3.05, 3.63) is 69.0 Å². The van der Waals surface area contributed by atoms with Crippen LogP contribution in [0.4, 0.5) is 10.1 Å². The molecular weight excluding hydrogens is 401 g/mol. The minimum atomic E-state index is -1.22. The molecule has 2 N–H and O–H groups in total. The zero-order valence-corrected chi connectivity index (χ0v) is 17.6. The molecule has 3 aromatic rings. The van der Waals surface area contributed by atoms with Gasteiger partial charge in [0.1, 0.15) is 11.6 Å². The second kappa shape index (κ2) is 8.11. The summed E-state index contributed by atoms with van der Waals surface area (Å²) in [7, 11) is 1.73. The number of nitrogens with one attached hydrogen (secondary N) is 1. The maximum atomic E-state index is 13.6. The monoisotopic (exact) mass is 425 g/mol. The zero-order valence-electron chi connectivity index (χ0n) is 17.6. The molecule has 8 heteroatoms. The van der Waals surface area contributed by atoms with Gasteiger partial charge in [-0.15, -0.1) is 0 Å². The molecule has 4 rings (SSSR count). The lowest BCUT2D eigenvalue weighted by Crippen LogP contribution is -2.25. The van der Waals surface area contributed by atoms with E-state index in [0.29, 0.717) is 35.6 Å². The SMILES string of the molecule is Cc1cc([C@@H](C)Nc2ccc(F)cc2C(=O)O)c2nc([C@@H]3CCOC3)n(C)c(=O)c2c1. The first kappa shape index (κ1) is 21.0. The summed E-state index contributed by atoms with van der Waals surface area (Å²) in [6.07, 6.45) is 0.804. The third-order valence-corrected chi connectivity index (χ3v) is 5.73. The first-order valence-corrected chi connectivity index (χ1v) is 10.1. The maximum absolute atomic E-state index is 13.6. The van der Waals surface area contributed by atoms with Crippen LogP contribution in [-0.4, -0.2) is 33.8 Å². The Labute approximate surface area is 178 Å². The third-order valence-electron chi connectivity index (χ3n) is 5.73. The van der Waals surface area contributed by atoms with Gasteiger partial charge in [-0.05, 0) is 50.1 Å². The van der Waals surface area contributed by atoms with Crippen LogP contribution in [0.2, 0.25) is 0 Å². The predicted molar refractivity (Wildman–Crippen MR) is 115 cm³/mol. The van der Waals surface area contributed by atoms with Gasteiger partial charge in [0.05, 0.1) is 29.1 Å². The van der Waals surface area contributed by atoms with Crippen LogP contribution >= 0.6 is 0 Å². The number of carboxylic acids is 1. The van der Waals surface area contributed by atoms with Gasteiger partial charge in [-0.3, -0.25) is 9.36 Å². The van der Waals surface area contributed by atoms with Gasteiger partial charge in [0, 0.05) is 30.8 Å². The fourth-order valence-electron chi connectivity index (χ4n) is 4.13. The Morgan fingerprint density at radius 3 is 2.81 bits per heavy atom. The quantitative estimate of drug-likeness (QED) is 0.647. The largest absolute Gasteiger partial charge is 0.478 e. The number of carbonyl (C=O) groups is 1. The van der Waals surface area contributed by atoms with E-state index in [0.717, 1.165) is 23.6 Å². The molecule has 1 fully saturated rings. The van der Waals surface area contributed by atoms with Gasteiger partial charge in [-0.1, -0.05) is 6.07 Å². The van der Waals surface area contributed by atoms with Gasteiger partial charge in [-0.2, -0.15) is 0 Å². The smallest absolute Gasteiger partial charge is 0.337 e. The van der Waals surface area contributed by atoms with Crippen LogP contribution in [0.25, 0.3) is 10.9 Å². The molecule has 2 aromatic carbocycles. The van der Waals surface area contributed by atoms with Gasteiger partial charge >= 0.3 is 5.97 Å². The number of aromatic carboxylic acids is 1. The number of hydrogen-bond donors (Lipinski definition) is 2. The van der Waals surface area contributed by atoms with E-state index in [2.05, 4.69) is 5.32 Å². The highest BCUT2D eigenvalue weighted by Crippen LogP contribution is 2.30. The lowest BCUT2D eigenvalue weighted by Gasteiger charge is -2.21. The molecule has 2 atom stereocenters. The molecule has 1 saturated heterocycles. The molecule has 0 amide bonds. The number of ether oxygens (including phenoxy) is 1. The molecule has 162 valence electrons. The molecule has 0 bridgehead atoms. The van der Waals surface area contributed by atoms with E-state index < -0.39 is 11.8 Å². The number of hydrogen-bond acceptors (Lipinski definition) is 5. The summed E-state index contributed by atoms with van der Waals surface area (Å²) in [5.74, 6) is -1.11. The topological polar surface area (TPSA) is 93.4 Å². The number of nitrogens with zero attached hydrogens (tertiary/aromatic N) is 2. The highest BCUT2D eigenvalue weighted by atomic mass is 19.1. The van der Waals surface area contributed by atoms with Crippen molar-refractivity contribution in [2.45, 2.75) is 32.2 Å². The maximum Gasteiger partial charge on any atom is 0.337 e. The van der Waals surface area contributed by atoms with Gasteiger partial charge in [0.2, 0.25) is 0 Å². The Kier molecular flexibility index (Phi) is 5.49. The first-order chi connectivity index (χ1) is 14.8. The minimum Gasteiger partial charge on any atom is -0.478 e. The van der Waals surface area contributed by atoms with E-state index in [-0.39, 0.29) is 23.1 Å². The highest BCUT2D eigenvalue weighted by molar-refractivity contribution is 5.94. The standard InChI is InChI=1S/C23H24FN3O4/c1-12-8-16(13(2)25-19-5-4-15(24)10-17(19)23(29)30)20-18(9-12)22(28)27(3)21(26-20)14-6-7-31-11-14/h4-5,8-10,13-14,25H,6-7,11H2,1-3H3,(H,29,30)/t13-,14-/m1/s1. The summed E-state index contributed by atoms with van der Waals surface area (Å²) < 4.78 is 20.6. The fourth-order valence-corrected chi connectivity index (χ4v) is 4.13. The average molecular weight is 425 g/mol. The fraction of sp³-hybridized carbons (Fsp3) is 0.348. The summed E-state index contributed by atoms with van der Waals surface area (Å²) in [5, 5.41) is 13.1. The van der Waals surface area contributed by atoms with Crippen LogP contribution in [0.1, 0.15) is 52.6 Å². The number of benzene rings is 2. The van der Waals surface area contributed by atoms with E-state index in [4.69, 9.17) is 9.72 Å². The Morgan fingerprint density at radius 1 is 1.35 bits per heavy atom. The lowest BCUT2D eigenvalue weighted by molar-refractivity contribution is 0.0697. The molecule has 1 aliphatic heterocycles. The van der Waals surface area contributed by atoms with Crippen molar-refractivity contribution < 1.29 is 19.0 Å². The van der Waals surface area contributed by atoms with E-state index >= 15 is 0 Å². The van der Waals surface area contributed by atoms with Crippen molar-refractivity contribution in [2.24, 2.45) is 7.05 Å². The molecule has 0 aliphatic carbocycles. The molecule has 7 nitrogen and oxygen atoms in total. The molecule has 0 saturated carbocycles. The Morgan fingerprint density at radius 2 is 2.13 bits per heavy atom. The molecule has 1 aromatic heterocycles. The van der Waals surface area contributed by atoms with Crippen LogP contribution in [0.3, 0.4) is 0 Å². The van der Waals surface area contributed by atoms with Crippen LogP contribution in [0.15, 0.2) is 35.1 Å². The number of carboxylic acid groups (broad SMARTS) is 1. The average Bonchev–Trinajstić information content (AvgIpc) is 3.26. The second-order valence-electron chi connectivity index (χ2n) is 8.01. The molecule has 31 heavy (non-hydrogen) atoms. The molecule has 0 spiro atoms. The number of aryl methyl sites for hydroxylation is 1. The summed E-state index contributed by atoms with van der Waals surface area (Å²) in [5.41, 5.74) is 2.26. The van der Waals surface area contributed by atoms with Crippen molar-refractivity contribution in [2.75, 3.05) is 18.5 Å². The normalized spacial score (nSPS) is 17.1. The second-order valence-corrected chi connectivity index (χ2v) is 8.01. The number of aromatic nitrogens is 2. The number of fused-ring (bicyclic) bond motifs is 1. The lowest BCUT2D eigenvalue weighted by atomic mass is 9.99. The third kappa shape index (κ3) is 3.90. The van der Waals surface area contributed by atoms with Crippen LogP contribution in [-0.2, 0) is 11.8 Å². The summed E-state index contributed by atoms with van der Waals surface area (Å²) in [6, 6.07) is 6.97. The van der Waals surface area contributed by atoms with Crippen LogP contribution < -0.4 is 10.9 Å². The van der Waals surface area contributed by atoms with Crippen LogP contribution in [0, 0.1) is 12.7 Å². The van der Waals surface area contributed by atoms with Gasteiger partial charge in [-0.25, -0.2) is 14.2 Å². The number of anilines is 1. The highest BCUT2D eigenvalue weighted by Gasteiger charge is 2.25. The summed E-state index contributed by atoms with van der Waals surface area (Å²) in [4.78, 5) is 29.5. The minimum absolute atomic E-state index is 0.0511. The number of halogens is 1. The summed E-state index contributed by atoms with van der Waals surface area (Å²) >= 11 is 0. The molecule has 0 unspecified atom stereocenters. The molecule has 1 aliphatic rings. The molecule has 2 heterocycles. The molecular formula is C23H24FN3O4. The van der Waals surface area contributed by atoms with Crippen molar-refractivity contribution in [1.82, 2.24) is 9.55 Å². The van der Waals surface area contributed by atoms with E-state index in [1.807, 2.05) is 26.0 Å². The van der Waals surface area contributed by atoms with E-state index in [1.165, 1.54) is 12.1 Å². The van der Waals surface area contributed by atoms with Crippen molar-refractivity contribution >= 4 is 22.6 Å². The van der Waals surface area contributed by atoms with E-state index in [1.54, 1.807) is 11.6 Å². The predicted octanol–water partition coefficient (Wildman–Crippen LogP) is 3.76. The molecule has 0 radical (unpaired) electrons. The van der Waals surface area contributed by atoms with Gasteiger partial charge < -0.3 is 15.2 Å². The Hall–Kier alpha value is -3.26. The van der Waals surface area contributed by atoms with Gasteiger partial charge in [0.15, 0.2) is 0 Å². The Bertz CT molecular complexity index is 1230. The zero-order chi connectivity index (χ0) is 22.3. The Balaban J connectivity index is 1.83. The first-order valence-electron chi connectivity index (χ1n) is 10.1. The number of rotatable bonds is 5. The summed E-state index contributed by atoms with van der Waals surface area (Å²) in [6.45, 7) is 4.92.